The summed E-state index contributed by atoms with van der Waals surface area (Å²) in [5.74, 6) is -0.739. The summed E-state index contributed by atoms with van der Waals surface area (Å²) in [7, 11) is -0.587. The molecule has 2 aliphatic rings. The monoisotopic (exact) mass is 361 g/mol. The van der Waals surface area contributed by atoms with Crippen LogP contribution in [-0.2, 0) is 23.4 Å². The van der Waals surface area contributed by atoms with E-state index in [0.717, 1.165) is 0 Å². The minimum atomic E-state index is -1.92. The fraction of sp³-hybridized carbons (Fsp3) is 0.938. The highest BCUT2D eigenvalue weighted by atomic mass is 28.4. The van der Waals surface area contributed by atoms with Crippen LogP contribution in [0.2, 0.25) is 18.1 Å². The first-order valence-electron chi connectivity index (χ1n) is 8.36. The average molecular weight is 362 g/mol. The van der Waals surface area contributed by atoms with Crippen molar-refractivity contribution in [2.45, 2.75) is 83.1 Å². The lowest BCUT2D eigenvalue weighted by molar-refractivity contribution is -0.209. The molecule has 2 heterocycles. The van der Waals surface area contributed by atoms with Crippen LogP contribution in [0.3, 0.4) is 0 Å². The number of hydrogen-bond donors (Lipinski definition) is 1. The van der Waals surface area contributed by atoms with E-state index in [4.69, 9.17) is 23.4 Å². The molecule has 0 bridgehead atoms. The normalized spacial score (nSPS) is 32.5. The Morgan fingerprint density at radius 3 is 2.42 bits per heavy atom. The smallest absolute Gasteiger partial charge is 0.407 e. The van der Waals surface area contributed by atoms with E-state index in [-0.39, 0.29) is 23.3 Å². The molecular weight excluding hydrogens is 330 g/mol. The molecule has 4 atom stereocenters. The molecule has 0 aromatic heterocycles. The molecule has 1 amide bonds. The number of nitrogens with one attached hydrogen (secondary N) is 1. The first-order valence-corrected chi connectivity index (χ1v) is 11.3. The van der Waals surface area contributed by atoms with Gasteiger partial charge >= 0.3 is 6.09 Å². The van der Waals surface area contributed by atoms with Gasteiger partial charge in [0.25, 0.3) is 0 Å². The zero-order chi connectivity index (χ0) is 18.3. The number of ether oxygens (including phenoxy) is 4. The molecule has 140 valence electrons. The predicted octanol–water partition coefficient (Wildman–Crippen LogP) is 2.61. The minimum absolute atomic E-state index is 0.0989. The Labute approximate surface area is 145 Å². The van der Waals surface area contributed by atoms with E-state index in [9.17, 15) is 4.79 Å². The average Bonchev–Trinajstić information content (AvgIpc) is 2.88. The summed E-state index contributed by atoms with van der Waals surface area (Å²) >= 11 is 0. The fourth-order valence-electron chi connectivity index (χ4n) is 2.59. The molecular formula is C16H31NO6Si. The molecule has 0 aromatic rings. The van der Waals surface area contributed by atoms with Gasteiger partial charge in [0, 0.05) is 0 Å². The second-order valence-corrected chi connectivity index (χ2v) is 13.2. The molecule has 0 radical (unpaired) electrons. The van der Waals surface area contributed by atoms with Crippen molar-refractivity contribution < 1.29 is 28.2 Å². The Balaban J connectivity index is 2.07. The Morgan fingerprint density at radius 2 is 1.88 bits per heavy atom. The van der Waals surface area contributed by atoms with Crippen LogP contribution in [-0.4, -0.2) is 58.5 Å². The Hall–Kier alpha value is -0.673. The maximum absolute atomic E-state index is 11.7. The van der Waals surface area contributed by atoms with E-state index in [1.54, 1.807) is 0 Å². The van der Waals surface area contributed by atoms with Gasteiger partial charge in [-0.3, -0.25) is 0 Å². The van der Waals surface area contributed by atoms with Gasteiger partial charge in [0.15, 0.2) is 20.4 Å². The van der Waals surface area contributed by atoms with Crippen molar-refractivity contribution in [2.75, 3.05) is 13.7 Å². The molecule has 7 nitrogen and oxygen atoms in total. The molecule has 0 unspecified atom stereocenters. The molecule has 24 heavy (non-hydrogen) atoms. The van der Waals surface area contributed by atoms with Crippen LogP contribution < -0.4 is 5.32 Å². The van der Waals surface area contributed by atoms with Crippen LogP contribution >= 0.6 is 0 Å². The topological polar surface area (TPSA) is 75.3 Å². The number of hydrogen-bond acceptors (Lipinski definition) is 6. The molecule has 2 fully saturated rings. The van der Waals surface area contributed by atoms with Crippen LogP contribution in [0.4, 0.5) is 4.79 Å². The van der Waals surface area contributed by atoms with Gasteiger partial charge in [0.2, 0.25) is 0 Å². The van der Waals surface area contributed by atoms with Gasteiger partial charge < -0.3 is 28.7 Å². The molecule has 1 N–H and O–H groups in total. The van der Waals surface area contributed by atoms with Crippen LogP contribution in [0, 0.1) is 0 Å². The third-order valence-corrected chi connectivity index (χ3v) is 9.54. The summed E-state index contributed by atoms with van der Waals surface area (Å²) in [5.41, 5.74) is 0. The number of methoxy groups -OCH3 is 1. The lowest BCUT2D eigenvalue weighted by Gasteiger charge is -2.37. The van der Waals surface area contributed by atoms with Crippen molar-refractivity contribution in [1.82, 2.24) is 5.32 Å². The molecule has 2 rings (SSSR count). The van der Waals surface area contributed by atoms with Gasteiger partial charge in [0.1, 0.15) is 12.2 Å². The quantitative estimate of drug-likeness (QED) is 0.776. The van der Waals surface area contributed by atoms with E-state index in [1.165, 1.54) is 7.11 Å². The van der Waals surface area contributed by atoms with E-state index in [2.05, 4.69) is 39.2 Å². The summed E-state index contributed by atoms with van der Waals surface area (Å²) in [6.45, 7) is 14.9. The highest BCUT2D eigenvalue weighted by molar-refractivity contribution is 6.74. The van der Waals surface area contributed by atoms with Gasteiger partial charge in [0.05, 0.1) is 19.8 Å². The zero-order valence-corrected chi connectivity index (χ0v) is 17.0. The number of fused-ring (bicyclic) bond motifs is 1. The number of carbonyl (C=O) groups is 1. The van der Waals surface area contributed by atoms with Gasteiger partial charge in [-0.05, 0) is 32.0 Å². The molecule has 2 saturated heterocycles. The summed E-state index contributed by atoms with van der Waals surface area (Å²) < 4.78 is 28.6. The summed E-state index contributed by atoms with van der Waals surface area (Å²) in [5, 5.41) is 2.91. The molecule has 0 aliphatic carbocycles. The summed E-state index contributed by atoms with van der Waals surface area (Å²) in [6, 6.07) is -0.381. The highest BCUT2D eigenvalue weighted by Gasteiger charge is 2.55. The number of carbonyl (C=O) groups excluding carboxylic acids is 1. The molecule has 0 aromatic carbocycles. The number of alkyl carbamates (subject to hydrolysis) is 1. The third kappa shape index (κ3) is 4.11. The number of rotatable bonds is 4. The van der Waals surface area contributed by atoms with E-state index in [1.807, 2.05) is 13.8 Å². The maximum atomic E-state index is 11.7. The fourth-order valence-corrected chi connectivity index (χ4v) is 3.61. The largest absolute Gasteiger partial charge is 0.453 e. The van der Waals surface area contributed by atoms with Crippen molar-refractivity contribution >= 4 is 14.4 Å². The lowest BCUT2D eigenvalue weighted by atomic mass is 10.1. The standard InChI is InChI=1S/C16H31NO6Si/c1-15(2,3)24(7,8)20-9-10-11(17-14(18)19-6)12-13(21-10)23-16(4,5)22-12/h10-13H,9H2,1-8H3,(H,17,18)/t10-,11+,12-,13-/m1/s1. The van der Waals surface area contributed by atoms with Crippen molar-refractivity contribution in [2.24, 2.45) is 0 Å². The molecule has 8 heteroatoms. The molecule has 2 aliphatic heterocycles. The number of amides is 1. The van der Waals surface area contributed by atoms with Crippen LogP contribution in [0.15, 0.2) is 0 Å². The lowest BCUT2D eigenvalue weighted by Crippen LogP contribution is -2.51. The van der Waals surface area contributed by atoms with Gasteiger partial charge in [-0.1, -0.05) is 20.8 Å². The van der Waals surface area contributed by atoms with Crippen molar-refractivity contribution in [3.05, 3.63) is 0 Å². The van der Waals surface area contributed by atoms with Crippen molar-refractivity contribution in [3.63, 3.8) is 0 Å². The predicted molar refractivity (Wildman–Crippen MR) is 91.2 cm³/mol. The van der Waals surface area contributed by atoms with Crippen molar-refractivity contribution in [3.8, 4) is 0 Å². The van der Waals surface area contributed by atoms with Crippen molar-refractivity contribution in [1.29, 1.82) is 0 Å². The van der Waals surface area contributed by atoms with Gasteiger partial charge in [-0.25, -0.2) is 4.79 Å². The van der Waals surface area contributed by atoms with Gasteiger partial charge in [-0.15, -0.1) is 0 Å². The summed E-state index contributed by atoms with van der Waals surface area (Å²) in [6.07, 6.45) is -1.76. The van der Waals surface area contributed by atoms with E-state index < -0.39 is 26.5 Å². The molecule has 0 saturated carbocycles. The highest BCUT2D eigenvalue weighted by Crippen LogP contribution is 2.40. The second kappa shape index (κ2) is 6.57. The molecule has 0 spiro atoms. The first-order chi connectivity index (χ1) is 10.9. The van der Waals surface area contributed by atoms with Crippen LogP contribution in [0.1, 0.15) is 34.6 Å². The SMILES string of the molecule is COC(=O)N[C@@H]1[C@H]2OC(C)(C)O[C@H]2O[C@@H]1CO[Si](C)(C)C(C)(C)C. The first kappa shape index (κ1) is 19.6. The third-order valence-electron chi connectivity index (χ3n) is 5.04. The van der Waals surface area contributed by atoms with Crippen LogP contribution in [0.5, 0.6) is 0 Å². The summed E-state index contributed by atoms with van der Waals surface area (Å²) in [4.78, 5) is 11.7. The van der Waals surface area contributed by atoms with Crippen LogP contribution in [0.25, 0.3) is 0 Å². The van der Waals surface area contributed by atoms with Gasteiger partial charge in [-0.2, -0.15) is 0 Å². The Morgan fingerprint density at radius 1 is 1.25 bits per heavy atom. The van der Waals surface area contributed by atoms with E-state index in [0.29, 0.717) is 6.61 Å². The Kier molecular flexibility index (Phi) is 5.38. The van der Waals surface area contributed by atoms with E-state index >= 15 is 0 Å². The minimum Gasteiger partial charge on any atom is -0.453 e. The maximum Gasteiger partial charge on any atom is 0.407 e. The second-order valence-electron chi connectivity index (χ2n) is 8.38. The zero-order valence-electron chi connectivity index (χ0n) is 16.0. The Bertz CT molecular complexity index is 476.